The molecule has 3 aromatic rings. The first-order valence-electron chi connectivity index (χ1n) is 7.29. The van der Waals surface area contributed by atoms with E-state index in [0.29, 0.717) is 16.4 Å². The predicted molar refractivity (Wildman–Crippen MR) is 93.3 cm³/mol. The van der Waals surface area contributed by atoms with Crippen LogP contribution in [0.2, 0.25) is 5.02 Å². The zero-order valence-electron chi connectivity index (χ0n) is 13.1. The number of para-hydroxylation sites is 1. The summed E-state index contributed by atoms with van der Waals surface area (Å²) in [5.74, 6) is -0.893. The molecule has 8 heteroatoms. The Hall–Kier alpha value is -3.19. The summed E-state index contributed by atoms with van der Waals surface area (Å²) in [5.41, 5.74) is 0.267. The Morgan fingerprint density at radius 2 is 1.80 bits per heavy atom. The molecular formula is C17H13ClN4O3. The SMILES string of the molecule is Cc1[nH]n(C(=O)c2ccccc2O)c(=O)c1N=Nc1ccc(Cl)cc1. The zero-order chi connectivity index (χ0) is 18.0. The van der Waals surface area contributed by atoms with Crippen LogP contribution in [0.15, 0.2) is 63.6 Å². The van der Waals surface area contributed by atoms with E-state index < -0.39 is 11.5 Å². The van der Waals surface area contributed by atoms with Gasteiger partial charge in [-0.3, -0.25) is 14.7 Å². The lowest BCUT2D eigenvalue weighted by Gasteiger charge is -2.02. The molecule has 7 nitrogen and oxygen atoms in total. The number of halogens is 1. The molecule has 2 N–H and O–H groups in total. The minimum absolute atomic E-state index is 0.00652. The summed E-state index contributed by atoms with van der Waals surface area (Å²) < 4.78 is 0.792. The van der Waals surface area contributed by atoms with E-state index in [1.165, 1.54) is 12.1 Å². The number of phenolic OH excluding ortho intramolecular Hbond substituents is 1. The fourth-order valence-electron chi connectivity index (χ4n) is 2.19. The number of hydrogen-bond donors (Lipinski definition) is 2. The monoisotopic (exact) mass is 356 g/mol. The molecule has 0 spiro atoms. The van der Waals surface area contributed by atoms with Gasteiger partial charge in [-0.05, 0) is 43.3 Å². The fourth-order valence-corrected chi connectivity index (χ4v) is 2.31. The number of hydrogen-bond acceptors (Lipinski definition) is 5. The molecule has 2 aromatic carbocycles. The first-order chi connectivity index (χ1) is 12.0. The van der Waals surface area contributed by atoms with Crippen molar-refractivity contribution in [2.24, 2.45) is 10.2 Å². The third-order valence-corrected chi connectivity index (χ3v) is 3.72. The molecule has 0 unspecified atom stereocenters. The molecule has 0 bridgehead atoms. The molecule has 0 fully saturated rings. The number of aromatic hydroxyl groups is 1. The van der Waals surface area contributed by atoms with Crippen molar-refractivity contribution in [2.75, 3.05) is 0 Å². The van der Waals surface area contributed by atoms with Gasteiger partial charge in [-0.2, -0.15) is 9.80 Å². The number of benzene rings is 2. The summed E-state index contributed by atoms with van der Waals surface area (Å²) in [6.07, 6.45) is 0. The molecule has 0 aliphatic carbocycles. The molecule has 0 aliphatic rings. The normalized spacial score (nSPS) is 11.1. The van der Waals surface area contributed by atoms with Crippen molar-refractivity contribution in [1.82, 2.24) is 9.78 Å². The van der Waals surface area contributed by atoms with Gasteiger partial charge in [-0.1, -0.05) is 23.7 Å². The Morgan fingerprint density at radius 3 is 2.48 bits per heavy atom. The van der Waals surface area contributed by atoms with E-state index in [9.17, 15) is 14.7 Å². The number of aryl methyl sites for hydroxylation is 1. The number of phenols is 1. The highest BCUT2D eigenvalue weighted by Crippen LogP contribution is 2.21. The van der Waals surface area contributed by atoms with Crippen LogP contribution < -0.4 is 5.56 Å². The van der Waals surface area contributed by atoms with E-state index in [4.69, 9.17) is 11.6 Å². The highest BCUT2D eigenvalue weighted by Gasteiger charge is 2.19. The van der Waals surface area contributed by atoms with Crippen molar-refractivity contribution in [3.63, 3.8) is 0 Å². The van der Waals surface area contributed by atoms with Gasteiger partial charge in [0, 0.05) is 5.02 Å². The second-order valence-corrected chi connectivity index (χ2v) is 5.66. The Bertz CT molecular complexity index is 1020. The van der Waals surface area contributed by atoms with Crippen LogP contribution in [0, 0.1) is 6.92 Å². The number of aromatic amines is 1. The molecule has 1 aromatic heterocycles. The fraction of sp³-hybridized carbons (Fsp3) is 0.0588. The molecule has 0 saturated carbocycles. The minimum Gasteiger partial charge on any atom is -0.507 e. The molecule has 3 rings (SSSR count). The lowest BCUT2D eigenvalue weighted by molar-refractivity contribution is 0.0938. The van der Waals surface area contributed by atoms with E-state index in [0.717, 1.165) is 4.68 Å². The maximum atomic E-state index is 12.5. The standard InChI is InChI=1S/C17H13ClN4O3/c1-10-15(20-19-12-8-6-11(18)7-9-12)17(25)22(21-10)16(24)13-4-2-3-5-14(13)23/h2-9,21,23H,1H3. The van der Waals surface area contributed by atoms with E-state index >= 15 is 0 Å². The van der Waals surface area contributed by atoms with Crippen LogP contribution in [0.1, 0.15) is 16.1 Å². The second kappa shape index (κ2) is 6.74. The van der Waals surface area contributed by atoms with Gasteiger partial charge in [-0.15, -0.1) is 5.11 Å². The number of nitrogens with one attached hydrogen (secondary N) is 1. The molecule has 1 heterocycles. The van der Waals surface area contributed by atoms with Crippen molar-refractivity contribution in [3.05, 3.63) is 75.2 Å². The second-order valence-electron chi connectivity index (χ2n) is 5.22. The van der Waals surface area contributed by atoms with Crippen molar-refractivity contribution in [2.45, 2.75) is 6.92 Å². The van der Waals surface area contributed by atoms with Crippen molar-refractivity contribution < 1.29 is 9.90 Å². The first kappa shape index (κ1) is 16.7. The first-order valence-corrected chi connectivity index (χ1v) is 7.67. The Labute approximate surface area is 147 Å². The van der Waals surface area contributed by atoms with Crippen LogP contribution in [0.5, 0.6) is 5.75 Å². The predicted octanol–water partition coefficient (Wildman–Crippen LogP) is 3.95. The smallest absolute Gasteiger partial charge is 0.302 e. The largest absolute Gasteiger partial charge is 0.507 e. The zero-order valence-corrected chi connectivity index (χ0v) is 13.9. The maximum absolute atomic E-state index is 12.5. The van der Waals surface area contributed by atoms with Crippen molar-refractivity contribution in [1.29, 1.82) is 0 Å². The summed E-state index contributed by atoms with van der Waals surface area (Å²) in [4.78, 5) is 24.9. The summed E-state index contributed by atoms with van der Waals surface area (Å²) in [5, 5.41) is 20.9. The number of H-pyrrole nitrogens is 1. The molecule has 0 atom stereocenters. The maximum Gasteiger partial charge on any atom is 0.302 e. The van der Waals surface area contributed by atoms with E-state index in [2.05, 4.69) is 15.3 Å². The highest BCUT2D eigenvalue weighted by atomic mass is 35.5. The van der Waals surface area contributed by atoms with Crippen LogP contribution in [0.3, 0.4) is 0 Å². The Kier molecular flexibility index (Phi) is 4.49. The van der Waals surface area contributed by atoms with Crippen LogP contribution in [-0.2, 0) is 0 Å². The van der Waals surface area contributed by atoms with Crippen LogP contribution in [0.25, 0.3) is 0 Å². The van der Waals surface area contributed by atoms with Gasteiger partial charge in [0.2, 0.25) is 0 Å². The summed E-state index contributed by atoms with van der Waals surface area (Å²) in [7, 11) is 0. The van der Waals surface area contributed by atoms with Crippen LogP contribution >= 0.6 is 11.6 Å². The summed E-state index contributed by atoms with van der Waals surface area (Å²) in [6.45, 7) is 1.60. The molecule has 0 radical (unpaired) electrons. The van der Waals surface area contributed by atoms with Gasteiger partial charge in [0.25, 0.3) is 5.91 Å². The molecule has 0 saturated heterocycles. The van der Waals surface area contributed by atoms with Gasteiger partial charge < -0.3 is 5.11 Å². The molecule has 126 valence electrons. The van der Waals surface area contributed by atoms with Gasteiger partial charge in [0.1, 0.15) is 5.75 Å². The number of carbonyl (C=O) groups excluding carboxylic acids is 1. The van der Waals surface area contributed by atoms with E-state index in [1.807, 2.05) is 0 Å². The number of nitrogens with zero attached hydrogens (tertiary/aromatic N) is 3. The number of rotatable bonds is 3. The summed E-state index contributed by atoms with van der Waals surface area (Å²) in [6, 6.07) is 12.6. The molecule has 0 amide bonds. The third kappa shape index (κ3) is 3.36. The highest BCUT2D eigenvalue weighted by molar-refractivity contribution is 6.30. The average molecular weight is 357 g/mol. The van der Waals surface area contributed by atoms with E-state index in [-0.39, 0.29) is 17.0 Å². The number of carbonyl (C=O) groups is 1. The molecule has 0 aliphatic heterocycles. The number of aromatic nitrogens is 2. The van der Waals surface area contributed by atoms with Crippen molar-refractivity contribution in [3.8, 4) is 5.75 Å². The third-order valence-electron chi connectivity index (χ3n) is 3.47. The Morgan fingerprint density at radius 1 is 1.12 bits per heavy atom. The van der Waals surface area contributed by atoms with Crippen molar-refractivity contribution >= 4 is 28.9 Å². The van der Waals surface area contributed by atoms with E-state index in [1.54, 1.807) is 43.3 Å². The van der Waals surface area contributed by atoms with Gasteiger partial charge in [-0.25, -0.2) is 0 Å². The van der Waals surface area contributed by atoms with Crippen LogP contribution in [-0.4, -0.2) is 20.8 Å². The summed E-state index contributed by atoms with van der Waals surface area (Å²) >= 11 is 5.80. The topological polar surface area (TPSA) is 99.8 Å². The van der Waals surface area contributed by atoms with Gasteiger partial charge >= 0.3 is 5.56 Å². The van der Waals surface area contributed by atoms with Gasteiger partial charge in [0.05, 0.1) is 16.9 Å². The molecule has 25 heavy (non-hydrogen) atoms. The van der Waals surface area contributed by atoms with Crippen LogP contribution in [0.4, 0.5) is 11.4 Å². The van der Waals surface area contributed by atoms with Gasteiger partial charge in [0.15, 0.2) is 5.69 Å². The average Bonchev–Trinajstić information content (AvgIpc) is 2.89. The Balaban J connectivity index is 1.96. The number of azo groups is 1. The quantitative estimate of drug-likeness (QED) is 0.695. The molecular weight excluding hydrogens is 344 g/mol. The minimum atomic E-state index is -0.681. The lowest BCUT2D eigenvalue weighted by Crippen LogP contribution is -2.25. The lowest BCUT2D eigenvalue weighted by atomic mass is 10.2.